The molecule has 1 saturated carbocycles. The van der Waals surface area contributed by atoms with Crippen LogP contribution >= 0.6 is 0 Å². The fourth-order valence-electron chi connectivity index (χ4n) is 4.23. The molecule has 2 unspecified atom stereocenters. The molecule has 1 amide bonds. The average molecular weight is 471 g/mol. The van der Waals surface area contributed by atoms with Gasteiger partial charge in [0, 0.05) is 30.6 Å². The predicted molar refractivity (Wildman–Crippen MR) is 146 cm³/mol. The van der Waals surface area contributed by atoms with E-state index in [0.29, 0.717) is 11.5 Å². The van der Waals surface area contributed by atoms with Crippen molar-refractivity contribution < 1.29 is 14.1 Å². The summed E-state index contributed by atoms with van der Waals surface area (Å²) < 4.78 is 12.5. The van der Waals surface area contributed by atoms with Gasteiger partial charge in [-0.1, -0.05) is 52.3 Å². The normalized spacial score (nSPS) is 25.1. The Balaban J connectivity index is 0.00000281. The fraction of sp³-hybridized carbons (Fsp3) is 0.643. The summed E-state index contributed by atoms with van der Waals surface area (Å²) in [5.74, 6) is 0.371. The highest BCUT2D eigenvalue weighted by atomic mass is 16.7. The number of hydrogen-bond acceptors (Lipinski definition) is 4. The molecule has 2 fully saturated rings. The van der Waals surface area contributed by atoms with E-state index < -0.39 is 18.3 Å². The molecule has 34 heavy (non-hydrogen) atoms. The van der Waals surface area contributed by atoms with Gasteiger partial charge in [0.25, 0.3) is 5.91 Å². The molecule has 0 spiro atoms. The Labute approximate surface area is 209 Å². The van der Waals surface area contributed by atoms with Crippen molar-refractivity contribution in [3.8, 4) is 0 Å². The zero-order valence-electron chi connectivity index (χ0n) is 23.3. The van der Waals surface area contributed by atoms with Gasteiger partial charge in [-0.3, -0.25) is 9.79 Å². The van der Waals surface area contributed by atoms with Crippen molar-refractivity contribution in [3.63, 3.8) is 0 Å². The first-order valence-corrected chi connectivity index (χ1v) is 12.8. The minimum absolute atomic E-state index is 0.0692. The van der Waals surface area contributed by atoms with Crippen molar-refractivity contribution in [2.75, 3.05) is 7.05 Å². The second-order valence-corrected chi connectivity index (χ2v) is 9.92. The maximum absolute atomic E-state index is 13.8. The third-order valence-corrected chi connectivity index (χ3v) is 7.03. The third-order valence-electron chi connectivity index (χ3n) is 7.03. The maximum atomic E-state index is 13.8. The van der Waals surface area contributed by atoms with Crippen LogP contribution in [0.5, 0.6) is 0 Å². The van der Waals surface area contributed by atoms with Gasteiger partial charge in [-0.2, -0.15) is 0 Å². The van der Waals surface area contributed by atoms with E-state index in [1.807, 2.05) is 84.6 Å². The first-order chi connectivity index (χ1) is 16.0. The number of nitrogens with zero attached hydrogens (tertiary/aromatic N) is 2. The molecule has 1 saturated heterocycles. The summed E-state index contributed by atoms with van der Waals surface area (Å²) in [7, 11) is 1.17. The minimum atomic E-state index is -0.558. The lowest BCUT2D eigenvalue weighted by molar-refractivity contribution is -0.127. The number of allylic oxidation sites excluding steroid dienone is 4. The lowest BCUT2D eigenvalue weighted by atomic mass is 9.76. The molecule has 6 heteroatoms. The van der Waals surface area contributed by atoms with Crippen molar-refractivity contribution >= 4 is 18.7 Å². The zero-order chi connectivity index (χ0) is 26.1. The average Bonchev–Trinajstić information content (AvgIpc) is 3.02. The highest BCUT2D eigenvalue weighted by molar-refractivity contribution is 6.55. The van der Waals surface area contributed by atoms with Gasteiger partial charge < -0.3 is 14.2 Å². The van der Waals surface area contributed by atoms with Gasteiger partial charge in [0.05, 0.1) is 11.2 Å². The number of carbonyl (C=O) groups excluding carboxylic acids is 1. The summed E-state index contributed by atoms with van der Waals surface area (Å²) in [5, 5.41) is 0. The van der Waals surface area contributed by atoms with E-state index in [1.165, 1.54) is 6.42 Å². The highest BCUT2D eigenvalue weighted by Crippen LogP contribution is 2.39. The van der Waals surface area contributed by atoms with Gasteiger partial charge in [-0.25, -0.2) is 0 Å². The van der Waals surface area contributed by atoms with Gasteiger partial charge in [0.1, 0.15) is 0 Å². The predicted octanol–water partition coefficient (Wildman–Crippen LogP) is 6.71. The van der Waals surface area contributed by atoms with Gasteiger partial charge in [0.2, 0.25) is 0 Å². The van der Waals surface area contributed by atoms with Crippen molar-refractivity contribution in [3.05, 3.63) is 48.1 Å². The van der Waals surface area contributed by atoms with E-state index in [4.69, 9.17) is 9.31 Å². The third kappa shape index (κ3) is 7.29. The van der Waals surface area contributed by atoms with Crippen LogP contribution in [-0.2, 0) is 14.1 Å². The Bertz CT molecular complexity index is 808. The largest absolute Gasteiger partial charge is 0.494 e. The highest BCUT2D eigenvalue weighted by Gasteiger charge is 2.52. The van der Waals surface area contributed by atoms with Crippen LogP contribution in [0.25, 0.3) is 0 Å². The van der Waals surface area contributed by atoms with E-state index >= 15 is 0 Å². The van der Waals surface area contributed by atoms with E-state index in [9.17, 15) is 4.79 Å². The number of rotatable bonds is 7. The first kappa shape index (κ1) is 30.1. The Morgan fingerprint density at radius 3 is 2.12 bits per heavy atom. The lowest BCUT2D eigenvalue weighted by Crippen LogP contribution is -2.42. The summed E-state index contributed by atoms with van der Waals surface area (Å²) >= 11 is 0. The van der Waals surface area contributed by atoms with Crippen LogP contribution in [0.1, 0.15) is 88.0 Å². The van der Waals surface area contributed by atoms with Crippen LogP contribution < -0.4 is 0 Å². The molecule has 1 aliphatic heterocycles. The molecule has 2 atom stereocenters. The molecule has 5 nitrogen and oxygen atoms in total. The quantitative estimate of drug-likeness (QED) is 0.180. The molecule has 0 aromatic carbocycles. The van der Waals surface area contributed by atoms with Crippen LogP contribution in [0.2, 0.25) is 0 Å². The molecular formula is C28H47BN2O3. The smallest absolute Gasteiger partial charge is 0.399 e. The van der Waals surface area contributed by atoms with E-state index in [0.717, 1.165) is 30.4 Å². The van der Waals surface area contributed by atoms with Gasteiger partial charge >= 0.3 is 7.12 Å². The maximum Gasteiger partial charge on any atom is 0.494 e. The molecule has 1 heterocycles. The standard InChI is InChI=1S/C26H41BN2O3.C2H6/c1-10-14-22(27-31-25(5,6)26(7,8)32-27)18-21(17-20(4)28-9)24(30)29(11-2)23-16-13-12-15-19(23)3;1-2/h10-11,14,17-19,23H,2,12-13,15-16H2,1,3-9H3;1-2H3/b14-10+,21-17+,22-18+,28-20?;. The van der Waals surface area contributed by atoms with Crippen molar-refractivity contribution in [1.82, 2.24) is 4.90 Å². The fourth-order valence-corrected chi connectivity index (χ4v) is 4.23. The number of amides is 1. The summed E-state index contributed by atoms with van der Waals surface area (Å²) in [6, 6.07) is 0.159. The van der Waals surface area contributed by atoms with Gasteiger partial charge in [-0.15, -0.1) is 0 Å². The van der Waals surface area contributed by atoms with Crippen LogP contribution in [0.4, 0.5) is 0 Å². The van der Waals surface area contributed by atoms with Gasteiger partial charge in [0.15, 0.2) is 0 Å². The lowest BCUT2D eigenvalue weighted by Gasteiger charge is -2.36. The van der Waals surface area contributed by atoms with E-state index in [1.54, 1.807) is 13.2 Å². The molecule has 0 bridgehead atoms. The van der Waals surface area contributed by atoms with Gasteiger partial charge in [-0.05, 0) is 77.9 Å². The number of carbonyl (C=O) groups is 1. The monoisotopic (exact) mass is 470 g/mol. The topological polar surface area (TPSA) is 51.1 Å². The Morgan fingerprint density at radius 1 is 1.09 bits per heavy atom. The van der Waals surface area contributed by atoms with Crippen molar-refractivity contribution in [2.45, 2.75) is 105 Å². The van der Waals surface area contributed by atoms with Crippen LogP contribution in [0, 0.1) is 5.92 Å². The van der Waals surface area contributed by atoms with Crippen LogP contribution in [0.15, 0.2) is 53.1 Å². The molecule has 0 aromatic rings. The zero-order valence-corrected chi connectivity index (χ0v) is 23.3. The summed E-state index contributed by atoms with van der Waals surface area (Å²) in [5.41, 5.74) is 1.21. The van der Waals surface area contributed by atoms with Crippen LogP contribution in [0.3, 0.4) is 0 Å². The Morgan fingerprint density at radius 2 is 1.65 bits per heavy atom. The second kappa shape index (κ2) is 13.2. The molecule has 1 aliphatic carbocycles. The molecule has 2 rings (SSSR count). The molecule has 0 radical (unpaired) electrons. The van der Waals surface area contributed by atoms with Crippen molar-refractivity contribution in [1.29, 1.82) is 0 Å². The molecule has 2 aliphatic rings. The Hall–Kier alpha value is -1.92. The van der Waals surface area contributed by atoms with Crippen LogP contribution in [-0.4, -0.2) is 47.9 Å². The van der Waals surface area contributed by atoms with E-state index in [-0.39, 0.29) is 11.9 Å². The SMILES string of the molecule is C=CN(C(=O)C(/C=C(\C=C\C)B1OC(C)(C)C(C)(C)O1)=C/C(C)=NC)C1CCCCC1C.CC. The molecule has 190 valence electrons. The first-order valence-electron chi connectivity index (χ1n) is 12.8. The number of aliphatic imine (C=N–C) groups is 1. The summed E-state index contributed by atoms with van der Waals surface area (Å²) in [4.78, 5) is 19.8. The van der Waals surface area contributed by atoms with E-state index in [2.05, 4.69) is 18.5 Å². The molecular weight excluding hydrogens is 423 g/mol. The summed E-state index contributed by atoms with van der Waals surface area (Å²) in [6.07, 6.45) is 13.8. The van der Waals surface area contributed by atoms with Crippen molar-refractivity contribution in [2.24, 2.45) is 10.9 Å². The second-order valence-electron chi connectivity index (χ2n) is 9.92. The number of hydrogen-bond donors (Lipinski definition) is 0. The molecule has 0 aromatic heterocycles. The summed E-state index contributed by atoms with van der Waals surface area (Å²) in [6.45, 7) is 22.1. The Kier molecular flexibility index (Phi) is 11.7. The minimum Gasteiger partial charge on any atom is -0.399 e. The molecule has 0 N–H and O–H groups in total.